The molecule has 5 heteroatoms. The number of carbonyl (C=O) groups excluding carboxylic acids is 1. The zero-order valence-corrected chi connectivity index (χ0v) is 15.3. The van der Waals surface area contributed by atoms with Crippen LogP contribution in [0.2, 0.25) is 0 Å². The van der Waals surface area contributed by atoms with E-state index in [4.69, 9.17) is 4.74 Å². The Kier molecular flexibility index (Phi) is 4.62. The number of hydrogen-bond donors (Lipinski definition) is 0. The van der Waals surface area contributed by atoms with Crippen LogP contribution in [-0.4, -0.2) is 42.8 Å². The van der Waals surface area contributed by atoms with Crippen LogP contribution in [0, 0.1) is 5.82 Å². The van der Waals surface area contributed by atoms with Crippen LogP contribution in [0.1, 0.15) is 39.2 Å². The fourth-order valence-corrected chi connectivity index (χ4v) is 3.90. The van der Waals surface area contributed by atoms with Gasteiger partial charge in [0.25, 0.3) is 0 Å². The number of likely N-dealkylation sites (tertiary alicyclic amines) is 1. The smallest absolute Gasteiger partial charge is 0.414 e. The van der Waals surface area contributed by atoms with Crippen LogP contribution in [0.5, 0.6) is 0 Å². The van der Waals surface area contributed by atoms with Gasteiger partial charge in [0.2, 0.25) is 0 Å². The molecule has 1 spiro atoms. The molecule has 0 saturated carbocycles. The topological polar surface area (TPSA) is 32.8 Å². The van der Waals surface area contributed by atoms with Crippen molar-refractivity contribution in [3.8, 4) is 0 Å². The number of rotatable bonds is 2. The first kappa shape index (κ1) is 17.9. The molecule has 0 N–H and O–H groups in total. The van der Waals surface area contributed by atoms with E-state index >= 15 is 0 Å². The molecule has 1 fully saturated rings. The quantitative estimate of drug-likeness (QED) is 0.756. The highest BCUT2D eigenvalue weighted by Crippen LogP contribution is 2.47. The lowest BCUT2D eigenvalue weighted by molar-refractivity contribution is 0.0572. The Labute approximate surface area is 149 Å². The minimum Gasteiger partial charge on any atom is -0.443 e. The summed E-state index contributed by atoms with van der Waals surface area (Å²) in [5.74, 6) is -0.252. The Morgan fingerprint density at radius 3 is 2.64 bits per heavy atom. The lowest BCUT2D eigenvalue weighted by Gasteiger charge is -2.39. The third-order valence-corrected chi connectivity index (χ3v) is 5.10. The van der Waals surface area contributed by atoms with Gasteiger partial charge in [0.05, 0.1) is 5.69 Å². The molecule has 2 aliphatic rings. The lowest BCUT2D eigenvalue weighted by atomic mass is 9.74. The number of fused-ring (bicyclic) bond motifs is 2. The second-order valence-electron chi connectivity index (χ2n) is 8.10. The number of ether oxygens (including phenoxy) is 1. The SMILES string of the molecule is C=CCN1CCC2(CC1)CN(C(=O)OC(C)(C)C)c1ccc(F)cc12. The third kappa shape index (κ3) is 3.56. The largest absolute Gasteiger partial charge is 0.443 e. The number of piperidine rings is 1. The summed E-state index contributed by atoms with van der Waals surface area (Å²) >= 11 is 0. The van der Waals surface area contributed by atoms with E-state index in [2.05, 4.69) is 11.5 Å². The molecule has 2 heterocycles. The van der Waals surface area contributed by atoms with E-state index in [9.17, 15) is 9.18 Å². The van der Waals surface area contributed by atoms with Gasteiger partial charge in [0.15, 0.2) is 0 Å². The fourth-order valence-electron chi connectivity index (χ4n) is 3.90. The van der Waals surface area contributed by atoms with E-state index in [-0.39, 0.29) is 17.3 Å². The van der Waals surface area contributed by atoms with Crippen molar-refractivity contribution >= 4 is 11.8 Å². The Bertz CT molecular complexity index is 673. The zero-order chi connectivity index (χ0) is 18.2. The van der Waals surface area contributed by atoms with Crippen molar-refractivity contribution in [1.29, 1.82) is 0 Å². The molecule has 1 aromatic rings. The van der Waals surface area contributed by atoms with Crippen LogP contribution >= 0.6 is 0 Å². The summed E-state index contributed by atoms with van der Waals surface area (Å²) in [6, 6.07) is 4.73. The first-order valence-corrected chi connectivity index (χ1v) is 8.88. The van der Waals surface area contributed by atoms with Gasteiger partial charge in [-0.25, -0.2) is 9.18 Å². The van der Waals surface area contributed by atoms with Crippen molar-refractivity contribution in [1.82, 2.24) is 4.90 Å². The van der Waals surface area contributed by atoms with Gasteiger partial charge in [-0.05, 0) is 70.5 Å². The molecular weight excluding hydrogens is 319 g/mol. The normalized spacial score (nSPS) is 19.8. The molecular formula is C20H27FN2O2. The lowest BCUT2D eigenvalue weighted by Crippen LogP contribution is -2.46. The predicted octanol–water partition coefficient (Wildman–Crippen LogP) is 4.10. The molecule has 0 aliphatic carbocycles. The summed E-state index contributed by atoms with van der Waals surface area (Å²) in [4.78, 5) is 16.7. The van der Waals surface area contributed by atoms with E-state index in [1.165, 1.54) is 6.07 Å². The summed E-state index contributed by atoms with van der Waals surface area (Å²) in [5.41, 5.74) is 0.983. The molecule has 1 saturated heterocycles. The first-order valence-electron chi connectivity index (χ1n) is 8.88. The number of hydrogen-bond acceptors (Lipinski definition) is 3. The van der Waals surface area contributed by atoms with Gasteiger partial charge in [-0.2, -0.15) is 0 Å². The Balaban J connectivity index is 1.89. The molecule has 3 rings (SSSR count). The van der Waals surface area contributed by atoms with Gasteiger partial charge in [-0.3, -0.25) is 9.80 Å². The average molecular weight is 346 g/mol. The molecule has 1 aromatic carbocycles. The second kappa shape index (κ2) is 6.45. The molecule has 136 valence electrons. The minimum absolute atomic E-state index is 0.188. The summed E-state index contributed by atoms with van der Waals surface area (Å²) in [6.07, 6.45) is 3.35. The van der Waals surface area contributed by atoms with Gasteiger partial charge in [0.1, 0.15) is 11.4 Å². The van der Waals surface area contributed by atoms with Crippen LogP contribution in [0.4, 0.5) is 14.9 Å². The number of anilines is 1. The molecule has 2 aliphatic heterocycles. The van der Waals surface area contributed by atoms with Crippen LogP contribution in [0.3, 0.4) is 0 Å². The zero-order valence-electron chi connectivity index (χ0n) is 15.3. The molecule has 0 bridgehead atoms. The average Bonchev–Trinajstić information content (AvgIpc) is 2.83. The van der Waals surface area contributed by atoms with Gasteiger partial charge in [-0.1, -0.05) is 6.08 Å². The standard InChI is InChI=1S/C20H27FN2O2/c1-5-10-22-11-8-20(9-12-22)14-23(18(24)25-19(2,3)4)17-7-6-15(21)13-16(17)20/h5-7,13H,1,8-12,14H2,2-4H3. The number of carbonyl (C=O) groups is 1. The highest BCUT2D eigenvalue weighted by molar-refractivity contribution is 5.91. The first-order chi connectivity index (χ1) is 11.7. The Morgan fingerprint density at radius 1 is 1.36 bits per heavy atom. The van der Waals surface area contributed by atoms with Crippen molar-refractivity contribution in [2.24, 2.45) is 0 Å². The molecule has 0 radical (unpaired) electrons. The van der Waals surface area contributed by atoms with Gasteiger partial charge in [-0.15, -0.1) is 6.58 Å². The van der Waals surface area contributed by atoms with E-state index < -0.39 is 5.60 Å². The maximum atomic E-state index is 13.9. The van der Waals surface area contributed by atoms with Crippen LogP contribution in [0.15, 0.2) is 30.9 Å². The summed E-state index contributed by atoms with van der Waals surface area (Å²) < 4.78 is 19.5. The number of benzene rings is 1. The van der Waals surface area contributed by atoms with E-state index in [1.54, 1.807) is 17.0 Å². The Hall–Kier alpha value is -1.88. The van der Waals surface area contributed by atoms with Crippen LogP contribution in [-0.2, 0) is 10.2 Å². The van der Waals surface area contributed by atoms with E-state index in [0.717, 1.165) is 43.7 Å². The number of nitrogens with zero attached hydrogens (tertiary/aromatic N) is 2. The second-order valence-corrected chi connectivity index (χ2v) is 8.10. The fraction of sp³-hybridized carbons (Fsp3) is 0.550. The molecule has 4 nitrogen and oxygen atoms in total. The van der Waals surface area contributed by atoms with Gasteiger partial charge >= 0.3 is 6.09 Å². The van der Waals surface area contributed by atoms with Crippen LogP contribution < -0.4 is 4.90 Å². The highest BCUT2D eigenvalue weighted by atomic mass is 19.1. The summed E-state index contributed by atoms with van der Waals surface area (Å²) in [7, 11) is 0. The van der Waals surface area contributed by atoms with Crippen molar-refractivity contribution < 1.29 is 13.9 Å². The van der Waals surface area contributed by atoms with Gasteiger partial charge in [0, 0.05) is 18.5 Å². The summed E-state index contributed by atoms with van der Waals surface area (Å²) in [6.45, 7) is 12.6. The van der Waals surface area contributed by atoms with Gasteiger partial charge < -0.3 is 4.74 Å². The highest BCUT2D eigenvalue weighted by Gasteiger charge is 2.47. The van der Waals surface area contributed by atoms with Crippen molar-refractivity contribution in [3.63, 3.8) is 0 Å². The van der Waals surface area contributed by atoms with Crippen molar-refractivity contribution in [3.05, 3.63) is 42.2 Å². The maximum Gasteiger partial charge on any atom is 0.414 e. The molecule has 1 amide bonds. The van der Waals surface area contributed by atoms with E-state index in [1.807, 2.05) is 26.8 Å². The number of amides is 1. The molecule has 25 heavy (non-hydrogen) atoms. The number of halogens is 1. The van der Waals surface area contributed by atoms with Crippen molar-refractivity contribution in [2.75, 3.05) is 31.1 Å². The minimum atomic E-state index is -0.555. The predicted molar refractivity (Wildman–Crippen MR) is 97.5 cm³/mol. The molecule has 0 aromatic heterocycles. The Morgan fingerprint density at radius 2 is 2.04 bits per heavy atom. The molecule has 0 unspecified atom stereocenters. The van der Waals surface area contributed by atoms with Crippen molar-refractivity contribution in [2.45, 2.75) is 44.6 Å². The van der Waals surface area contributed by atoms with Crippen LogP contribution in [0.25, 0.3) is 0 Å². The monoisotopic (exact) mass is 346 g/mol. The maximum absolute atomic E-state index is 13.9. The molecule has 0 atom stereocenters. The van der Waals surface area contributed by atoms with E-state index in [0.29, 0.717) is 6.54 Å². The summed E-state index contributed by atoms with van der Waals surface area (Å²) in [5, 5.41) is 0. The third-order valence-electron chi connectivity index (χ3n) is 5.10.